The Labute approximate surface area is 127 Å². The van der Waals surface area contributed by atoms with Gasteiger partial charge in [0, 0.05) is 18.7 Å². The normalized spacial score (nSPS) is 22.4. The Bertz CT molecular complexity index is 514. The summed E-state index contributed by atoms with van der Waals surface area (Å²) >= 11 is 0. The van der Waals surface area contributed by atoms with E-state index in [1.54, 1.807) is 6.08 Å². The van der Waals surface area contributed by atoms with E-state index >= 15 is 0 Å². The molecule has 1 aliphatic rings. The van der Waals surface area contributed by atoms with Crippen LogP contribution in [-0.2, 0) is 4.79 Å². The van der Waals surface area contributed by atoms with E-state index in [-0.39, 0.29) is 18.6 Å². The molecule has 2 rings (SSSR count). The highest BCUT2D eigenvalue weighted by Gasteiger charge is 2.21. The number of carbonyl (C=O) groups is 1. The van der Waals surface area contributed by atoms with Gasteiger partial charge in [0.15, 0.2) is 0 Å². The summed E-state index contributed by atoms with van der Waals surface area (Å²) in [4.78, 5) is 12.0. The van der Waals surface area contributed by atoms with Crippen molar-refractivity contribution in [3.05, 3.63) is 41.0 Å². The smallest absolute Gasteiger partial charge is 0.244 e. The summed E-state index contributed by atoms with van der Waals surface area (Å²) in [5.74, 6) is 0.395. The molecule has 3 heteroatoms. The quantitative estimate of drug-likeness (QED) is 0.836. The van der Waals surface area contributed by atoms with E-state index in [2.05, 4.69) is 31.3 Å². The number of amides is 1. The van der Waals surface area contributed by atoms with Gasteiger partial charge in [-0.05, 0) is 62.7 Å². The monoisotopic (exact) mass is 287 g/mol. The topological polar surface area (TPSA) is 49.3 Å². The molecule has 0 bridgehead atoms. The molecule has 1 fully saturated rings. The van der Waals surface area contributed by atoms with Crippen LogP contribution in [0.3, 0.4) is 0 Å². The molecule has 0 unspecified atom stereocenters. The first-order valence-corrected chi connectivity index (χ1v) is 7.75. The summed E-state index contributed by atoms with van der Waals surface area (Å²) < 4.78 is 0. The highest BCUT2D eigenvalue weighted by molar-refractivity contribution is 5.92. The Hall–Kier alpha value is -1.61. The van der Waals surface area contributed by atoms with Crippen LogP contribution in [0.2, 0.25) is 0 Å². The van der Waals surface area contributed by atoms with E-state index in [9.17, 15) is 4.79 Å². The molecular formula is C18H25NO2. The van der Waals surface area contributed by atoms with Gasteiger partial charge in [0.1, 0.15) is 0 Å². The highest BCUT2D eigenvalue weighted by Crippen LogP contribution is 2.23. The van der Waals surface area contributed by atoms with Gasteiger partial charge in [-0.25, -0.2) is 0 Å². The molecule has 0 saturated heterocycles. The number of aliphatic hydroxyl groups excluding tert-OH is 1. The lowest BCUT2D eigenvalue weighted by Gasteiger charge is -2.27. The molecule has 1 aromatic rings. The highest BCUT2D eigenvalue weighted by atomic mass is 16.3. The van der Waals surface area contributed by atoms with Gasteiger partial charge in [-0.2, -0.15) is 0 Å². The molecule has 0 spiro atoms. The SMILES string of the molecule is Cc1ccc(/C=C/C(=O)NC2CCC(CO)CC2)c(C)c1. The lowest BCUT2D eigenvalue weighted by molar-refractivity contribution is -0.117. The molecule has 0 aliphatic heterocycles. The third-order valence-electron chi connectivity index (χ3n) is 4.29. The molecule has 1 aliphatic carbocycles. The first-order chi connectivity index (χ1) is 10.1. The summed E-state index contributed by atoms with van der Waals surface area (Å²) in [5, 5.41) is 12.2. The Kier molecular flexibility index (Phi) is 5.57. The molecule has 1 amide bonds. The average Bonchev–Trinajstić information content (AvgIpc) is 2.47. The summed E-state index contributed by atoms with van der Waals surface area (Å²) in [6, 6.07) is 6.47. The zero-order valence-corrected chi connectivity index (χ0v) is 12.9. The van der Waals surface area contributed by atoms with E-state index in [1.165, 1.54) is 11.1 Å². The van der Waals surface area contributed by atoms with E-state index in [1.807, 2.05) is 12.1 Å². The number of benzene rings is 1. The van der Waals surface area contributed by atoms with Gasteiger partial charge in [-0.15, -0.1) is 0 Å². The molecular weight excluding hydrogens is 262 g/mol. The zero-order valence-electron chi connectivity index (χ0n) is 12.9. The van der Waals surface area contributed by atoms with Crippen molar-refractivity contribution in [1.82, 2.24) is 5.32 Å². The second-order valence-electron chi connectivity index (χ2n) is 6.10. The molecule has 114 valence electrons. The molecule has 2 N–H and O–H groups in total. The van der Waals surface area contributed by atoms with Crippen LogP contribution < -0.4 is 5.32 Å². The molecule has 1 aromatic carbocycles. The fraction of sp³-hybridized carbons (Fsp3) is 0.500. The number of hydrogen-bond acceptors (Lipinski definition) is 2. The zero-order chi connectivity index (χ0) is 15.2. The van der Waals surface area contributed by atoms with Crippen molar-refractivity contribution in [1.29, 1.82) is 0 Å². The van der Waals surface area contributed by atoms with Crippen molar-refractivity contribution in [3.8, 4) is 0 Å². The van der Waals surface area contributed by atoms with Gasteiger partial charge < -0.3 is 10.4 Å². The van der Waals surface area contributed by atoms with Gasteiger partial charge in [0.05, 0.1) is 0 Å². The third-order valence-corrected chi connectivity index (χ3v) is 4.29. The minimum Gasteiger partial charge on any atom is -0.396 e. The maximum absolute atomic E-state index is 12.0. The molecule has 0 radical (unpaired) electrons. The number of aryl methyl sites for hydroxylation is 2. The number of nitrogens with one attached hydrogen (secondary N) is 1. The fourth-order valence-electron chi connectivity index (χ4n) is 2.92. The van der Waals surface area contributed by atoms with Crippen molar-refractivity contribution < 1.29 is 9.90 Å². The van der Waals surface area contributed by atoms with Gasteiger partial charge >= 0.3 is 0 Å². The molecule has 0 aromatic heterocycles. The largest absolute Gasteiger partial charge is 0.396 e. The van der Waals surface area contributed by atoms with Crippen LogP contribution in [0.1, 0.15) is 42.4 Å². The first-order valence-electron chi connectivity index (χ1n) is 7.75. The van der Waals surface area contributed by atoms with Gasteiger partial charge in [-0.1, -0.05) is 23.8 Å². The predicted molar refractivity (Wildman–Crippen MR) is 85.9 cm³/mol. The van der Waals surface area contributed by atoms with Gasteiger partial charge in [-0.3, -0.25) is 4.79 Å². The van der Waals surface area contributed by atoms with E-state index in [0.29, 0.717) is 5.92 Å². The van der Waals surface area contributed by atoms with Crippen LogP contribution >= 0.6 is 0 Å². The fourth-order valence-corrected chi connectivity index (χ4v) is 2.92. The number of carbonyl (C=O) groups excluding carboxylic acids is 1. The van der Waals surface area contributed by atoms with Crippen molar-refractivity contribution in [3.63, 3.8) is 0 Å². The van der Waals surface area contributed by atoms with E-state index in [0.717, 1.165) is 31.2 Å². The Morgan fingerprint density at radius 1 is 1.29 bits per heavy atom. The van der Waals surface area contributed by atoms with Crippen LogP contribution in [0.25, 0.3) is 6.08 Å². The molecule has 1 saturated carbocycles. The van der Waals surface area contributed by atoms with Crippen molar-refractivity contribution in [2.24, 2.45) is 5.92 Å². The minimum atomic E-state index is -0.0255. The van der Waals surface area contributed by atoms with Gasteiger partial charge in [0.2, 0.25) is 5.91 Å². The number of aliphatic hydroxyl groups is 1. The van der Waals surface area contributed by atoms with Crippen LogP contribution in [0.15, 0.2) is 24.3 Å². The maximum Gasteiger partial charge on any atom is 0.244 e. The van der Waals surface area contributed by atoms with Crippen LogP contribution in [-0.4, -0.2) is 23.7 Å². The van der Waals surface area contributed by atoms with Crippen LogP contribution in [0.5, 0.6) is 0 Å². The summed E-state index contributed by atoms with van der Waals surface area (Å²) in [6.45, 7) is 4.39. The second-order valence-corrected chi connectivity index (χ2v) is 6.10. The lowest BCUT2D eigenvalue weighted by Crippen LogP contribution is -2.37. The Morgan fingerprint density at radius 2 is 2.00 bits per heavy atom. The van der Waals surface area contributed by atoms with Gasteiger partial charge in [0.25, 0.3) is 0 Å². The molecule has 0 atom stereocenters. The predicted octanol–water partition coefficient (Wildman–Crippen LogP) is 2.98. The van der Waals surface area contributed by atoms with E-state index in [4.69, 9.17) is 5.11 Å². The average molecular weight is 287 g/mol. The first kappa shape index (κ1) is 15.8. The number of hydrogen-bond donors (Lipinski definition) is 2. The molecule has 3 nitrogen and oxygen atoms in total. The molecule has 0 heterocycles. The van der Waals surface area contributed by atoms with Crippen LogP contribution in [0.4, 0.5) is 0 Å². The standard InChI is InChI=1S/C18H25NO2/c1-13-3-6-16(14(2)11-13)7-10-18(21)19-17-8-4-15(12-20)5-9-17/h3,6-7,10-11,15,17,20H,4-5,8-9,12H2,1-2H3,(H,19,21)/b10-7+. The summed E-state index contributed by atoms with van der Waals surface area (Å²) in [7, 11) is 0. The number of rotatable bonds is 4. The Balaban J connectivity index is 1.85. The van der Waals surface area contributed by atoms with Crippen molar-refractivity contribution >= 4 is 12.0 Å². The van der Waals surface area contributed by atoms with E-state index < -0.39 is 0 Å². The van der Waals surface area contributed by atoms with Crippen LogP contribution in [0, 0.1) is 19.8 Å². The molecule has 21 heavy (non-hydrogen) atoms. The third kappa shape index (κ3) is 4.71. The summed E-state index contributed by atoms with van der Waals surface area (Å²) in [5.41, 5.74) is 3.50. The lowest BCUT2D eigenvalue weighted by atomic mass is 9.86. The Morgan fingerprint density at radius 3 is 2.62 bits per heavy atom. The second kappa shape index (κ2) is 7.41. The van der Waals surface area contributed by atoms with Crippen molar-refractivity contribution in [2.75, 3.05) is 6.61 Å². The minimum absolute atomic E-state index is 0.0255. The maximum atomic E-state index is 12.0. The van der Waals surface area contributed by atoms with Crippen molar-refractivity contribution in [2.45, 2.75) is 45.6 Å². The summed E-state index contributed by atoms with van der Waals surface area (Å²) in [6.07, 6.45) is 7.44.